The number of rotatable bonds is 0. The molecule has 0 amide bonds. The van der Waals surface area contributed by atoms with Crippen LogP contribution in [0.25, 0.3) is 49.4 Å². The summed E-state index contributed by atoms with van der Waals surface area (Å²) in [5.41, 5.74) is 9.18. The van der Waals surface area contributed by atoms with Crippen LogP contribution in [-0.2, 0) is 0 Å². The zero-order valence-corrected chi connectivity index (χ0v) is 18.1. The Morgan fingerprint density at radius 3 is 2.29 bits per heavy atom. The molecular formula is C30H16BNO2. The number of para-hydroxylation sites is 3. The molecule has 4 heteroatoms. The smallest absolute Gasteiger partial charge is 0.256 e. The number of fused-ring (bicyclic) bond motifs is 11. The SMILES string of the molecule is c1ccc2c(c1)Oc1cccc3c1B2c1cccc2c4ccc5c6ccccc6oc5c4n-3c12. The number of nitrogens with zero attached hydrogens (tertiary/aromatic N) is 1. The van der Waals surface area contributed by atoms with Gasteiger partial charge in [-0.25, -0.2) is 0 Å². The third-order valence-corrected chi connectivity index (χ3v) is 7.66. The topological polar surface area (TPSA) is 27.3 Å². The van der Waals surface area contributed by atoms with E-state index < -0.39 is 0 Å². The lowest BCUT2D eigenvalue weighted by molar-refractivity contribution is 0.487. The summed E-state index contributed by atoms with van der Waals surface area (Å²) >= 11 is 0. The van der Waals surface area contributed by atoms with Gasteiger partial charge in [0.05, 0.1) is 5.52 Å². The summed E-state index contributed by atoms with van der Waals surface area (Å²) in [5, 5.41) is 4.78. The van der Waals surface area contributed by atoms with Crippen molar-refractivity contribution in [1.82, 2.24) is 4.57 Å². The summed E-state index contributed by atoms with van der Waals surface area (Å²) in [5.74, 6) is 1.88. The molecule has 156 valence electrons. The Bertz CT molecular complexity index is 2010. The highest BCUT2D eigenvalue weighted by atomic mass is 16.5. The second kappa shape index (κ2) is 5.73. The summed E-state index contributed by atoms with van der Waals surface area (Å²) in [4.78, 5) is 0. The van der Waals surface area contributed by atoms with Crippen molar-refractivity contribution in [1.29, 1.82) is 0 Å². The van der Waals surface area contributed by atoms with Gasteiger partial charge >= 0.3 is 0 Å². The standard InChI is InChI=1S/C30H16BNO2/c1-3-12-24-17(7-1)20-16-15-19-18-8-5-10-22-28(18)32(29(19)30(20)34-24)23-11-6-14-26-27(23)31(22)21-9-2-4-13-25(21)33-26/h1-16H. The van der Waals surface area contributed by atoms with E-state index in [4.69, 9.17) is 9.15 Å². The number of aromatic nitrogens is 1. The van der Waals surface area contributed by atoms with E-state index in [1.807, 2.05) is 12.1 Å². The Hall–Kier alpha value is -4.44. The van der Waals surface area contributed by atoms with Gasteiger partial charge in [0.25, 0.3) is 6.71 Å². The molecular weight excluding hydrogens is 417 g/mol. The zero-order chi connectivity index (χ0) is 22.0. The van der Waals surface area contributed by atoms with E-state index in [0.29, 0.717) is 0 Å². The minimum absolute atomic E-state index is 0.142. The van der Waals surface area contributed by atoms with Crippen LogP contribution in [0, 0.1) is 0 Å². The molecule has 0 unspecified atom stereocenters. The molecule has 0 saturated heterocycles. The first kappa shape index (κ1) is 17.1. The van der Waals surface area contributed by atoms with Crippen LogP contribution in [0.4, 0.5) is 0 Å². The first-order valence-electron chi connectivity index (χ1n) is 11.7. The van der Waals surface area contributed by atoms with Crippen molar-refractivity contribution in [2.24, 2.45) is 0 Å². The molecule has 0 N–H and O–H groups in total. The van der Waals surface area contributed by atoms with Crippen LogP contribution in [-0.4, -0.2) is 11.3 Å². The van der Waals surface area contributed by atoms with Gasteiger partial charge in [-0.3, -0.25) is 0 Å². The second-order valence-corrected chi connectivity index (χ2v) is 9.28. The third-order valence-electron chi connectivity index (χ3n) is 7.66. The summed E-state index contributed by atoms with van der Waals surface area (Å²) < 4.78 is 15.4. The average molecular weight is 433 g/mol. The lowest BCUT2D eigenvalue weighted by atomic mass is 9.34. The summed E-state index contributed by atoms with van der Waals surface area (Å²) in [6.45, 7) is 0.142. The molecule has 2 aliphatic rings. The molecule has 2 aromatic heterocycles. The molecule has 2 aliphatic heterocycles. The zero-order valence-electron chi connectivity index (χ0n) is 18.1. The number of ether oxygens (including phenoxy) is 1. The molecule has 0 atom stereocenters. The van der Waals surface area contributed by atoms with Crippen molar-refractivity contribution < 1.29 is 9.15 Å². The van der Waals surface area contributed by atoms with Crippen molar-refractivity contribution in [3.8, 4) is 17.2 Å². The van der Waals surface area contributed by atoms with E-state index in [0.717, 1.165) is 39.0 Å². The highest BCUT2D eigenvalue weighted by Crippen LogP contribution is 2.41. The van der Waals surface area contributed by atoms with Gasteiger partial charge in [-0.1, -0.05) is 66.7 Å². The second-order valence-electron chi connectivity index (χ2n) is 9.28. The van der Waals surface area contributed by atoms with Crippen LogP contribution in [0.1, 0.15) is 0 Å². The van der Waals surface area contributed by atoms with Gasteiger partial charge in [0.1, 0.15) is 17.1 Å². The normalized spacial score (nSPS) is 13.5. The van der Waals surface area contributed by atoms with Gasteiger partial charge in [-0.15, -0.1) is 0 Å². The van der Waals surface area contributed by atoms with Crippen LogP contribution >= 0.6 is 0 Å². The van der Waals surface area contributed by atoms with Crippen LogP contribution < -0.4 is 21.1 Å². The molecule has 0 radical (unpaired) electrons. The van der Waals surface area contributed by atoms with Gasteiger partial charge in [0.15, 0.2) is 5.58 Å². The summed E-state index contributed by atoms with van der Waals surface area (Å²) in [7, 11) is 0. The highest BCUT2D eigenvalue weighted by molar-refractivity contribution is 6.99. The summed E-state index contributed by atoms with van der Waals surface area (Å²) in [6.07, 6.45) is 0. The Balaban J connectivity index is 1.55. The quantitative estimate of drug-likeness (QED) is 0.291. The maximum absolute atomic E-state index is 6.52. The van der Waals surface area contributed by atoms with Crippen LogP contribution in [0.3, 0.4) is 0 Å². The maximum Gasteiger partial charge on any atom is 0.256 e. The van der Waals surface area contributed by atoms with Crippen LogP contribution in [0.15, 0.2) is 101 Å². The molecule has 0 spiro atoms. The first-order chi connectivity index (χ1) is 16.9. The molecule has 34 heavy (non-hydrogen) atoms. The van der Waals surface area contributed by atoms with Crippen molar-refractivity contribution in [2.45, 2.75) is 0 Å². The van der Waals surface area contributed by atoms with Crippen molar-refractivity contribution >= 4 is 66.8 Å². The molecule has 7 aromatic rings. The predicted octanol–water partition coefficient (Wildman–Crippen LogP) is 5.62. The van der Waals surface area contributed by atoms with E-state index in [9.17, 15) is 0 Å². The number of hydrogen-bond acceptors (Lipinski definition) is 2. The Labute approximate surface area is 194 Å². The van der Waals surface area contributed by atoms with Crippen LogP contribution in [0.5, 0.6) is 11.5 Å². The van der Waals surface area contributed by atoms with E-state index in [2.05, 4.69) is 89.5 Å². The van der Waals surface area contributed by atoms with Gasteiger partial charge in [0.2, 0.25) is 0 Å². The van der Waals surface area contributed by atoms with Gasteiger partial charge in [-0.2, -0.15) is 0 Å². The fraction of sp³-hybridized carbons (Fsp3) is 0. The molecule has 3 nitrogen and oxygen atoms in total. The fourth-order valence-electron chi connectivity index (χ4n) is 6.34. The Kier molecular flexibility index (Phi) is 2.88. The fourth-order valence-corrected chi connectivity index (χ4v) is 6.34. The van der Waals surface area contributed by atoms with Gasteiger partial charge in [0, 0.05) is 32.7 Å². The Morgan fingerprint density at radius 2 is 1.29 bits per heavy atom. The number of furan rings is 1. The van der Waals surface area contributed by atoms with Gasteiger partial charge < -0.3 is 13.7 Å². The Morgan fingerprint density at radius 1 is 0.559 bits per heavy atom. The first-order valence-corrected chi connectivity index (χ1v) is 11.7. The maximum atomic E-state index is 6.52. The molecule has 0 aliphatic carbocycles. The van der Waals surface area contributed by atoms with Crippen molar-refractivity contribution in [3.05, 3.63) is 97.1 Å². The van der Waals surface area contributed by atoms with Crippen LogP contribution in [0.2, 0.25) is 0 Å². The van der Waals surface area contributed by atoms with E-state index in [1.54, 1.807) is 0 Å². The largest absolute Gasteiger partial charge is 0.458 e. The number of hydrogen-bond donors (Lipinski definition) is 0. The van der Waals surface area contributed by atoms with Gasteiger partial charge in [-0.05, 0) is 46.7 Å². The molecule has 4 heterocycles. The molecule has 0 fully saturated rings. The molecule has 0 saturated carbocycles. The monoisotopic (exact) mass is 433 g/mol. The molecule has 5 aromatic carbocycles. The lowest BCUT2D eigenvalue weighted by Gasteiger charge is -2.32. The van der Waals surface area contributed by atoms with E-state index in [-0.39, 0.29) is 6.71 Å². The van der Waals surface area contributed by atoms with E-state index >= 15 is 0 Å². The van der Waals surface area contributed by atoms with E-state index in [1.165, 1.54) is 38.4 Å². The lowest BCUT2D eigenvalue weighted by Crippen LogP contribution is -2.58. The predicted molar refractivity (Wildman–Crippen MR) is 139 cm³/mol. The third kappa shape index (κ3) is 1.85. The molecule has 9 rings (SSSR count). The molecule has 0 bridgehead atoms. The summed E-state index contributed by atoms with van der Waals surface area (Å²) in [6, 6.07) is 34.3. The minimum atomic E-state index is 0.142. The average Bonchev–Trinajstić information content (AvgIpc) is 3.43. The minimum Gasteiger partial charge on any atom is -0.458 e. The van der Waals surface area contributed by atoms with Crippen molar-refractivity contribution in [3.63, 3.8) is 0 Å². The van der Waals surface area contributed by atoms with Crippen molar-refractivity contribution in [2.75, 3.05) is 0 Å². The highest BCUT2D eigenvalue weighted by Gasteiger charge is 2.40. The number of benzene rings is 5.